The molecule has 0 fully saturated rings. The Morgan fingerprint density at radius 3 is 2.44 bits per heavy atom. The summed E-state index contributed by atoms with van der Waals surface area (Å²) in [6.45, 7) is 10.8. The average molecular weight is 239 g/mol. The van der Waals surface area contributed by atoms with E-state index in [1.807, 2.05) is 17.8 Å². The van der Waals surface area contributed by atoms with Gasteiger partial charge in [0.05, 0.1) is 5.75 Å². The number of nitrogens with zero attached hydrogens (tertiary/aromatic N) is 2. The lowest BCUT2D eigenvalue weighted by Crippen LogP contribution is -2.10. The largest absolute Gasteiger partial charge is 0.384 e. The highest BCUT2D eigenvalue weighted by Crippen LogP contribution is 2.26. The Morgan fingerprint density at radius 2 is 1.94 bits per heavy atom. The molecular weight excluding hydrogens is 218 g/mol. The second-order valence-electron chi connectivity index (χ2n) is 5.19. The lowest BCUT2D eigenvalue weighted by molar-refractivity contribution is 0.788. The molecule has 0 aromatic carbocycles. The van der Waals surface area contributed by atoms with Crippen LogP contribution in [-0.4, -0.2) is 14.7 Å². The summed E-state index contributed by atoms with van der Waals surface area (Å²) in [6, 6.07) is 1.86. The predicted octanol–water partition coefficient (Wildman–Crippen LogP) is 3.21. The van der Waals surface area contributed by atoms with Crippen LogP contribution in [0.2, 0.25) is 0 Å². The van der Waals surface area contributed by atoms with Gasteiger partial charge in [-0.1, -0.05) is 34.6 Å². The van der Waals surface area contributed by atoms with E-state index in [0.29, 0.717) is 11.7 Å². The number of hydrogen-bond acceptors (Lipinski definition) is 4. The first-order valence-electron chi connectivity index (χ1n) is 5.55. The fourth-order valence-electron chi connectivity index (χ4n) is 1.18. The summed E-state index contributed by atoms with van der Waals surface area (Å²) in [5.41, 5.74) is 6.80. The van der Waals surface area contributed by atoms with Gasteiger partial charge in [0, 0.05) is 16.5 Å². The van der Waals surface area contributed by atoms with Gasteiger partial charge >= 0.3 is 0 Å². The minimum absolute atomic E-state index is 0.228. The lowest BCUT2D eigenvalue weighted by Gasteiger charge is -2.17. The monoisotopic (exact) mass is 239 g/mol. The van der Waals surface area contributed by atoms with Gasteiger partial charge < -0.3 is 5.73 Å². The van der Waals surface area contributed by atoms with Gasteiger partial charge in [0.15, 0.2) is 0 Å². The average Bonchev–Trinajstić information content (AvgIpc) is 2.13. The van der Waals surface area contributed by atoms with Crippen LogP contribution >= 0.6 is 11.8 Å². The molecule has 16 heavy (non-hydrogen) atoms. The van der Waals surface area contributed by atoms with E-state index in [0.717, 1.165) is 17.3 Å². The molecule has 0 unspecified atom stereocenters. The van der Waals surface area contributed by atoms with Crippen LogP contribution < -0.4 is 5.73 Å². The van der Waals surface area contributed by atoms with Crippen LogP contribution in [-0.2, 0) is 5.75 Å². The number of thioether (sulfide) groups is 1. The summed E-state index contributed by atoms with van der Waals surface area (Å²) in [5.74, 6) is 2.62. The van der Waals surface area contributed by atoms with Crippen LogP contribution in [0.1, 0.15) is 52.1 Å². The first-order chi connectivity index (χ1) is 7.28. The molecule has 0 saturated carbocycles. The molecule has 0 spiro atoms. The van der Waals surface area contributed by atoms with Crippen molar-refractivity contribution in [2.45, 2.75) is 51.0 Å². The first kappa shape index (κ1) is 13.3. The Balaban J connectivity index is 2.81. The standard InChI is InChI=1S/C12H21N3S/c1-8(2)9-6-10(13)15-11(14-9)7-16-12(3,4)5/h6,8H,7H2,1-5H3,(H2,13,14,15). The van der Waals surface area contributed by atoms with Crippen molar-refractivity contribution in [2.75, 3.05) is 5.73 Å². The third-order valence-corrected chi connectivity index (χ3v) is 3.31. The molecule has 0 saturated heterocycles. The van der Waals surface area contributed by atoms with E-state index < -0.39 is 0 Å². The van der Waals surface area contributed by atoms with Crippen molar-refractivity contribution >= 4 is 17.6 Å². The zero-order valence-corrected chi connectivity index (χ0v) is 11.6. The first-order valence-corrected chi connectivity index (χ1v) is 6.54. The molecule has 1 rings (SSSR count). The van der Waals surface area contributed by atoms with Gasteiger partial charge in [-0.2, -0.15) is 0 Å². The molecule has 0 aliphatic carbocycles. The van der Waals surface area contributed by atoms with Gasteiger partial charge in [0.1, 0.15) is 11.6 Å². The predicted molar refractivity (Wildman–Crippen MR) is 71.6 cm³/mol. The van der Waals surface area contributed by atoms with Gasteiger partial charge in [-0.25, -0.2) is 9.97 Å². The molecule has 0 aliphatic heterocycles. The second-order valence-corrected chi connectivity index (χ2v) is 6.99. The molecule has 4 heteroatoms. The highest BCUT2D eigenvalue weighted by atomic mass is 32.2. The van der Waals surface area contributed by atoms with Crippen molar-refractivity contribution in [3.8, 4) is 0 Å². The topological polar surface area (TPSA) is 51.8 Å². The van der Waals surface area contributed by atoms with E-state index in [-0.39, 0.29) is 4.75 Å². The normalized spacial score (nSPS) is 12.1. The van der Waals surface area contributed by atoms with Gasteiger partial charge in [-0.3, -0.25) is 0 Å². The Kier molecular flexibility index (Phi) is 4.19. The lowest BCUT2D eigenvalue weighted by atomic mass is 10.1. The van der Waals surface area contributed by atoms with E-state index in [2.05, 4.69) is 44.6 Å². The van der Waals surface area contributed by atoms with Crippen molar-refractivity contribution in [2.24, 2.45) is 0 Å². The summed E-state index contributed by atoms with van der Waals surface area (Å²) >= 11 is 1.84. The quantitative estimate of drug-likeness (QED) is 0.880. The van der Waals surface area contributed by atoms with Crippen LogP contribution in [0.4, 0.5) is 5.82 Å². The molecule has 0 radical (unpaired) electrons. The highest BCUT2D eigenvalue weighted by molar-refractivity contribution is 7.99. The van der Waals surface area contributed by atoms with Gasteiger partial charge in [0.2, 0.25) is 0 Å². The molecule has 0 amide bonds. The van der Waals surface area contributed by atoms with Crippen molar-refractivity contribution in [1.82, 2.24) is 9.97 Å². The van der Waals surface area contributed by atoms with Crippen LogP contribution in [0.5, 0.6) is 0 Å². The Labute approximate surface area is 102 Å². The number of nitrogens with two attached hydrogens (primary N) is 1. The van der Waals surface area contributed by atoms with E-state index in [4.69, 9.17) is 5.73 Å². The maximum atomic E-state index is 5.78. The molecule has 0 aliphatic rings. The highest BCUT2D eigenvalue weighted by Gasteiger charge is 2.13. The Morgan fingerprint density at radius 1 is 1.31 bits per heavy atom. The van der Waals surface area contributed by atoms with Crippen LogP contribution in [0, 0.1) is 0 Å². The molecular formula is C12H21N3S. The van der Waals surface area contributed by atoms with Crippen molar-refractivity contribution < 1.29 is 0 Å². The molecule has 1 aromatic heterocycles. The molecule has 2 N–H and O–H groups in total. The molecule has 0 atom stereocenters. The van der Waals surface area contributed by atoms with E-state index in [1.54, 1.807) is 0 Å². The summed E-state index contributed by atoms with van der Waals surface area (Å²) in [4.78, 5) is 8.79. The molecule has 90 valence electrons. The van der Waals surface area contributed by atoms with Crippen molar-refractivity contribution in [1.29, 1.82) is 0 Å². The van der Waals surface area contributed by atoms with Gasteiger partial charge in [-0.05, 0) is 5.92 Å². The summed E-state index contributed by atoms with van der Waals surface area (Å²) < 4.78 is 0.228. The van der Waals surface area contributed by atoms with E-state index >= 15 is 0 Å². The smallest absolute Gasteiger partial charge is 0.140 e. The summed E-state index contributed by atoms with van der Waals surface area (Å²) in [7, 11) is 0. The number of hydrogen-bond donors (Lipinski definition) is 1. The number of anilines is 1. The molecule has 3 nitrogen and oxygen atoms in total. The minimum Gasteiger partial charge on any atom is -0.384 e. The zero-order valence-electron chi connectivity index (χ0n) is 10.7. The molecule has 0 bridgehead atoms. The number of aromatic nitrogens is 2. The molecule has 1 heterocycles. The maximum Gasteiger partial charge on any atom is 0.140 e. The van der Waals surface area contributed by atoms with Gasteiger partial charge in [-0.15, -0.1) is 11.8 Å². The zero-order chi connectivity index (χ0) is 12.3. The van der Waals surface area contributed by atoms with E-state index in [9.17, 15) is 0 Å². The van der Waals surface area contributed by atoms with Crippen LogP contribution in [0.15, 0.2) is 6.07 Å². The number of nitrogen functional groups attached to an aromatic ring is 1. The fourth-order valence-corrected chi connectivity index (χ4v) is 1.87. The Bertz CT molecular complexity index is 356. The maximum absolute atomic E-state index is 5.78. The number of rotatable bonds is 3. The SMILES string of the molecule is CC(C)c1cc(N)nc(CSC(C)(C)C)n1. The minimum atomic E-state index is 0.228. The third kappa shape index (κ3) is 4.39. The van der Waals surface area contributed by atoms with E-state index in [1.165, 1.54) is 0 Å². The second kappa shape index (κ2) is 5.04. The van der Waals surface area contributed by atoms with Gasteiger partial charge in [0.25, 0.3) is 0 Å². The Hall–Kier alpha value is -0.770. The van der Waals surface area contributed by atoms with Crippen molar-refractivity contribution in [3.63, 3.8) is 0 Å². The van der Waals surface area contributed by atoms with Crippen LogP contribution in [0.3, 0.4) is 0 Å². The fraction of sp³-hybridized carbons (Fsp3) is 0.667. The molecule has 1 aromatic rings. The van der Waals surface area contributed by atoms with Crippen molar-refractivity contribution in [3.05, 3.63) is 17.6 Å². The third-order valence-electron chi connectivity index (χ3n) is 2.04. The van der Waals surface area contributed by atoms with Crippen LogP contribution in [0.25, 0.3) is 0 Å². The summed E-state index contributed by atoms with van der Waals surface area (Å²) in [6.07, 6.45) is 0. The summed E-state index contributed by atoms with van der Waals surface area (Å²) in [5, 5.41) is 0.